The Labute approximate surface area is 442 Å². The summed E-state index contributed by atoms with van der Waals surface area (Å²) in [6.07, 6.45) is 12.9. The first-order valence-corrected chi connectivity index (χ1v) is 26.5. The Hall–Kier alpha value is -5.73. The molecule has 2 heterocycles. The van der Waals surface area contributed by atoms with Gasteiger partial charge in [-0.2, -0.15) is 5.26 Å². The molecule has 1 aromatic rings. The van der Waals surface area contributed by atoms with Gasteiger partial charge in [-0.3, -0.25) is 43.3 Å². The Morgan fingerprint density at radius 3 is 1.81 bits per heavy atom. The predicted octanol–water partition coefficient (Wildman–Crippen LogP) is 8.16. The van der Waals surface area contributed by atoms with E-state index in [1.165, 1.54) is 31.1 Å². The average Bonchev–Trinajstić information content (AvgIpc) is 3.72. The zero-order chi connectivity index (χ0) is 56.8. The predicted molar refractivity (Wildman–Crippen MR) is 292 cm³/mol. The number of carboxylic acids is 3. The van der Waals surface area contributed by atoms with Gasteiger partial charge in [-0.1, -0.05) is 102 Å². The van der Waals surface area contributed by atoms with Crippen LogP contribution in [0.1, 0.15) is 150 Å². The monoisotopic (exact) mass is 1060 g/mol. The molecule has 20 heteroatoms. The van der Waals surface area contributed by atoms with Gasteiger partial charge in [0.1, 0.15) is 5.41 Å². The molecule has 418 valence electrons. The van der Waals surface area contributed by atoms with E-state index in [4.69, 9.17) is 20.6 Å². The van der Waals surface area contributed by atoms with E-state index < -0.39 is 35.1 Å². The van der Waals surface area contributed by atoms with Crippen LogP contribution < -0.4 is 10.6 Å². The summed E-state index contributed by atoms with van der Waals surface area (Å²) in [5.41, 5.74) is 2.04. The van der Waals surface area contributed by atoms with E-state index in [0.29, 0.717) is 37.4 Å². The Morgan fingerprint density at radius 2 is 1.38 bits per heavy atom. The number of carbonyl (C=O) groups is 8. The maximum atomic E-state index is 14.2. The molecule has 2 aliphatic heterocycles. The van der Waals surface area contributed by atoms with Crippen molar-refractivity contribution >= 4 is 67.9 Å². The summed E-state index contributed by atoms with van der Waals surface area (Å²) < 4.78 is 14.2. The number of nitrogens with zero attached hydrogens (tertiary/aromatic N) is 5. The number of alkyl halides is 1. The van der Waals surface area contributed by atoms with E-state index in [0.717, 1.165) is 43.8 Å². The number of nitriles is 1. The smallest absolute Gasteiger partial charge is 0.317 e. The lowest BCUT2D eigenvalue weighted by Gasteiger charge is -2.35. The van der Waals surface area contributed by atoms with E-state index >= 15 is 0 Å². The Kier molecular flexibility index (Phi) is 38.6. The lowest BCUT2D eigenvalue weighted by Crippen LogP contribution is -2.50. The van der Waals surface area contributed by atoms with Gasteiger partial charge in [0.05, 0.1) is 31.6 Å². The average molecular weight is 1060 g/mol. The molecular weight excluding hydrogens is 973 g/mol. The number of allylic oxidation sites excluding steroid dienone is 3. The van der Waals surface area contributed by atoms with Crippen molar-refractivity contribution in [3.05, 3.63) is 47.6 Å². The molecule has 2 aliphatic rings. The van der Waals surface area contributed by atoms with Crippen molar-refractivity contribution in [1.29, 1.82) is 5.26 Å². The molecule has 0 aliphatic carbocycles. The van der Waals surface area contributed by atoms with Gasteiger partial charge in [-0.05, 0) is 81.0 Å². The zero-order valence-corrected chi connectivity index (χ0v) is 47.1. The van der Waals surface area contributed by atoms with Gasteiger partial charge >= 0.3 is 17.9 Å². The van der Waals surface area contributed by atoms with Gasteiger partial charge in [0.25, 0.3) is 5.91 Å². The Bertz CT molecular complexity index is 1990. The highest BCUT2D eigenvalue weighted by molar-refractivity contribution is 7.18. The first-order valence-electron chi connectivity index (χ1n) is 25.9. The second kappa shape index (κ2) is 40.6. The van der Waals surface area contributed by atoms with Gasteiger partial charge in [-0.25, -0.2) is 4.39 Å². The second-order valence-electron chi connectivity index (χ2n) is 18.5. The molecule has 5 amide bonds. The summed E-state index contributed by atoms with van der Waals surface area (Å²) in [5.74, 6) is -3.70. The third-order valence-electron chi connectivity index (χ3n) is 11.3. The van der Waals surface area contributed by atoms with E-state index in [1.807, 2.05) is 24.8 Å². The van der Waals surface area contributed by atoms with E-state index in [9.17, 15) is 42.7 Å². The number of hydrogen-bond acceptors (Lipinski definition) is 10. The molecule has 0 aromatic heterocycles. The second-order valence-corrected chi connectivity index (χ2v) is 19.5. The van der Waals surface area contributed by atoms with E-state index in [1.54, 1.807) is 60.1 Å². The summed E-state index contributed by atoms with van der Waals surface area (Å²) >= 11 is 0. The number of nitrogens with one attached hydrogen (secondary N) is 2. The molecule has 18 nitrogen and oxygen atoms in total. The number of carbonyl (C=O) groups excluding carboxylic acids is 5. The quantitative estimate of drug-likeness (QED) is 0.0372. The zero-order valence-electron chi connectivity index (χ0n) is 46.0. The van der Waals surface area contributed by atoms with Gasteiger partial charge in [0, 0.05) is 83.0 Å². The first-order chi connectivity index (χ1) is 34.9. The lowest BCUT2D eigenvalue weighted by molar-refractivity contribution is -0.143. The highest BCUT2D eigenvalue weighted by atomic mass is 31.0. The summed E-state index contributed by atoms with van der Waals surface area (Å²) in [4.78, 5) is 101. The van der Waals surface area contributed by atoms with Crippen LogP contribution in [0.3, 0.4) is 0 Å². The van der Waals surface area contributed by atoms with Crippen LogP contribution >= 0.6 is 9.24 Å². The molecule has 2 saturated heterocycles. The van der Waals surface area contributed by atoms with Crippen LogP contribution in [-0.2, 0) is 38.4 Å². The number of benzene rings is 1. The number of anilines is 1. The van der Waals surface area contributed by atoms with Crippen LogP contribution in [0.4, 0.5) is 10.1 Å². The number of aryl methyl sites for hydroxylation is 1. The summed E-state index contributed by atoms with van der Waals surface area (Å²) in [7, 11) is 2.13. The number of hydrogen-bond donors (Lipinski definition) is 5. The molecule has 0 bridgehead atoms. The Morgan fingerprint density at radius 1 is 0.824 bits per heavy atom. The molecule has 5 N–H and O–H groups in total. The molecule has 0 radical (unpaired) electrons. The molecule has 3 unspecified atom stereocenters. The topological polar surface area (TPSA) is 258 Å². The van der Waals surface area contributed by atoms with Crippen LogP contribution in [0.25, 0.3) is 5.57 Å². The van der Waals surface area contributed by atoms with Gasteiger partial charge in [0.2, 0.25) is 23.6 Å². The van der Waals surface area contributed by atoms with Crippen molar-refractivity contribution in [3.8, 4) is 6.07 Å². The van der Waals surface area contributed by atoms with Gasteiger partial charge < -0.3 is 40.7 Å². The molecule has 3 rings (SSSR count). The molecule has 1 aromatic carbocycles. The molecule has 3 atom stereocenters. The number of amides is 5. The Balaban J connectivity index is 0. The summed E-state index contributed by atoms with van der Waals surface area (Å²) in [6.45, 7) is 22.6. The van der Waals surface area contributed by atoms with Gasteiger partial charge in [-0.15, -0.1) is 0 Å². The standard InChI is InChI=1S/C34H47FN5O7P.C8H17NO2.C7H16.C3H6O2.C2H3N/c1-4-5-6-7-26(32(45)36-21-31(44)40-15-14-34(35,48)22-40)27-20-25(10-8-23(27)2)37-28(41)11-13-30(43)39-18-16-38(17-19-39)29(42)12-9-24(3)33(46)47;1-3-5-9(6-4-2)7-8(10)11;1-4-5-6-7(2)3;1-2-3(4)5;1-2-3/h5-8,10,20,24H,4,9,11-19,21-22,48H2,1-3H3,(H,36,45)(H,37,41)(H,46,47);3-7H2,1-2H3,(H,10,11);7H,4-6H2,1-3H3;2H2,1H3,(H,4,5);1H3/b6-5+,26-7+;;;;. The fourth-order valence-corrected chi connectivity index (χ4v) is 7.43. The first kappa shape index (κ1) is 70.3. The maximum absolute atomic E-state index is 14.2. The SMILES string of the molecule is CC#N.CC/C=C/C=C(/C(=O)NCC(=O)N1CCC(F)(P)C1)c1cc(NC(=O)CCC(=O)N2CCN(C(=O)CCC(C)C(=O)O)CC2)ccc1C.CCC(=O)O.CCCCC(C)C.CCCN(CCC)CC(=O)O. The summed E-state index contributed by atoms with van der Waals surface area (Å²) in [5, 5.41) is 36.5. The van der Waals surface area contributed by atoms with Crippen LogP contribution in [0.5, 0.6) is 0 Å². The number of carboxylic acid groups (broad SMARTS) is 3. The minimum absolute atomic E-state index is 0.0186. The third-order valence-corrected chi connectivity index (χ3v) is 11.8. The number of halogens is 1. The number of piperazine rings is 1. The van der Waals surface area contributed by atoms with Crippen molar-refractivity contribution in [3.63, 3.8) is 0 Å². The number of aliphatic carboxylic acids is 3. The maximum Gasteiger partial charge on any atom is 0.317 e. The highest BCUT2D eigenvalue weighted by Gasteiger charge is 2.36. The van der Waals surface area contributed by atoms with Crippen molar-refractivity contribution in [2.45, 2.75) is 152 Å². The molecule has 0 spiro atoms. The van der Waals surface area contributed by atoms with Gasteiger partial charge in [0.15, 0.2) is 0 Å². The molecule has 74 heavy (non-hydrogen) atoms. The van der Waals surface area contributed by atoms with E-state index in [2.05, 4.69) is 54.5 Å². The minimum Gasteiger partial charge on any atom is -0.481 e. The third kappa shape index (κ3) is 33.2. The van der Waals surface area contributed by atoms with Crippen molar-refractivity contribution < 1.29 is 58.1 Å². The number of likely N-dealkylation sites (tertiary alicyclic amines) is 1. The largest absolute Gasteiger partial charge is 0.481 e. The molecular formula is C54H89FN7O11P. The van der Waals surface area contributed by atoms with Crippen LogP contribution in [0, 0.1) is 30.1 Å². The highest BCUT2D eigenvalue weighted by Crippen LogP contribution is 2.32. The van der Waals surface area contributed by atoms with Crippen LogP contribution in [0.15, 0.2) is 36.4 Å². The minimum atomic E-state index is -1.52. The van der Waals surface area contributed by atoms with Crippen LogP contribution in [-0.4, -0.2) is 153 Å². The van der Waals surface area contributed by atoms with E-state index in [-0.39, 0.29) is 93.9 Å². The normalized spacial score (nSPS) is 15.4. The van der Waals surface area contributed by atoms with Crippen molar-refractivity contribution in [1.82, 2.24) is 24.9 Å². The van der Waals surface area contributed by atoms with Crippen molar-refractivity contribution in [2.75, 3.05) is 70.8 Å². The lowest BCUT2D eigenvalue weighted by atomic mass is 9.98. The van der Waals surface area contributed by atoms with Crippen molar-refractivity contribution in [2.24, 2.45) is 11.8 Å². The fourth-order valence-electron chi connectivity index (χ4n) is 7.09. The number of rotatable bonds is 24. The summed E-state index contributed by atoms with van der Waals surface area (Å²) in [6, 6.07) is 6.88. The number of unbranched alkanes of at least 4 members (excludes halogenated alkanes) is 1. The molecule has 2 fully saturated rings. The molecule has 0 saturated carbocycles. The van der Waals surface area contributed by atoms with Crippen LogP contribution in [0.2, 0.25) is 0 Å². The fraction of sp³-hybridized carbons (Fsp3) is 0.648.